The SMILES string of the molecule is CC1(C)C[C@H]2C(O)N[C@H](C=O)[C@H]21. The molecule has 1 saturated carbocycles. The van der Waals surface area contributed by atoms with Crippen LogP contribution in [0.5, 0.6) is 0 Å². The lowest BCUT2D eigenvalue weighted by Gasteiger charge is -2.49. The van der Waals surface area contributed by atoms with Gasteiger partial charge in [-0.15, -0.1) is 0 Å². The topological polar surface area (TPSA) is 49.3 Å². The number of aliphatic hydroxyl groups excluding tert-OH is 1. The Labute approximate surface area is 72.2 Å². The molecule has 2 N–H and O–H groups in total. The van der Waals surface area contributed by atoms with Crippen molar-refractivity contribution < 1.29 is 9.90 Å². The Hall–Kier alpha value is -0.410. The van der Waals surface area contributed by atoms with E-state index in [4.69, 9.17) is 0 Å². The van der Waals surface area contributed by atoms with Gasteiger partial charge in [0.15, 0.2) is 0 Å². The van der Waals surface area contributed by atoms with Gasteiger partial charge in [0.25, 0.3) is 0 Å². The van der Waals surface area contributed by atoms with Crippen LogP contribution in [0.15, 0.2) is 0 Å². The zero-order valence-electron chi connectivity index (χ0n) is 7.45. The fourth-order valence-corrected chi connectivity index (χ4v) is 2.90. The predicted molar refractivity (Wildman–Crippen MR) is 44.4 cm³/mol. The van der Waals surface area contributed by atoms with Gasteiger partial charge in [-0.2, -0.15) is 0 Å². The van der Waals surface area contributed by atoms with Crippen molar-refractivity contribution in [2.45, 2.75) is 32.5 Å². The number of aldehydes is 1. The maximum absolute atomic E-state index is 10.7. The van der Waals surface area contributed by atoms with E-state index < -0.39 is 6.23 Å². The van der Waals surface area contributed by atoms with Crippen molar-refractivity contribution in [2.24, 2.45) is 17.3 Å². The molecule has 0 bridgehead atoms. The molecule has 0 radical (unpaired) electrons. The molecule has 4 atom stereocenters. The largest absolute Gasteiger partial charge is 0.378 e. The van der Waals surface area contributed by atoms with Gasteiger partial charge in [-0.1, -0.05) is 13.8 Å². The van der Waals surface area contributed by atoms with Crippen molar-refractivity contribution in [2.75, 3.05) is 0 Å². The van der Waals surface area contributed by atoms with Crippen LogP contribution in [0.3, 0.4) is 0 Å². The fourth-order valence-electron chi connectivity index (χ4n) is 2.90. The molecule has 1 aliphatic carbocycles. The maximum atomic E-state index is 10.7. The molecule has 2 aliphatic rings. The van der Waals surface area contributed by atoms with Gasteiger partial charge >= 0.3 is 0 Å². The lowest BCUT2D eigenvalue weighted by Crippen LogP contribution is -2.48. The molecule has 0 aromatic carbocycles. The minimum Gasteiger partial charge on any atom is -0.378 e. The molecule has 1 aliphatic heterocycles. The van der Waals surface area contributed by atoms with Gasteiger partial charge in [0.2, 0.25) is 0 Å². The number of hydrogen-bond acceptors (Lipinski definition) is 3. The number of rotatable bonds is 1. The third-order valence-electron chi connectivity index (χ3n) is 3.43. The molecule has 68 valence electrons. The highest BCUT2D eigenvalue weighted by molar-refractivity contribution is 5.60. The molecule has 0 aromatic rings. The van der Waals surface area contributed by atoms with Gasteiger partial charge in [0.05, 0.1) is 6.04 Å². The van der Waals surface area contributed by atoms with Crippen molar-refractivity contribution >= 4 is 6.29 Å². The highest BCUT2D eigenvalue weighted by atomic mass is 16.3. The normalized spacial score (nSPS) is 49.6. The zero-order valence-corrected chi connectivity index (χ0v) is 7.45. The zero-order chi connectivity index (χ0) is 8.93. The van der Waals surface area contributed by atoms with Crippen molar-refractivity contribution in [3.8, 4) is 0 Å². The lowest BCUT2D eigenvalue weighted by molar-refractivity contribution is -0.113. The standard InChI is InChI=1S/C9H15NO2/c1-9(2)3-5-7(9)6(4-11)10-8(5)12/h4-8,10,12H,3H2,1-2H3/t5-,6-,7+,8?/m1/s1. The number of hydrogen-bond donors (Lipinski definition) is 2. The summed E-state index contributed by atoms with van der Waals surface area (Å²) in [6.45, 7) is 4.31. The second-order valence-corrected chi connectivity index (χ2v) is 4.66. The van der Waals surface area contributed by atoms with Crippen molar-refractivity contribution in [3.63, 3.8) is 0 Å². The number of carbonyl (C=O) groups is 1. The number of aliphatic hydroxyl groups is 1. The Bertz CT molecular complexity index is 215. The van der Waals surface area contributed by atoms with Crippen LogP contribution in [0, 0.1) is 17.3 Å². The first kappa shape index (κ1) is 8.20. The molecule has 12 heavy (non-hydrogen) atoms. The summed E-state index contributed by atoms with van der Waals surface area (Å²) >= 11 is 0. The summed E-state index contributed by atoms with van der Waals surface area (Å²) in [6.07, 6.45) is 1.49. The van der Waals surface area contributed by atoms with Crippen LogP contribution >= 0.6 is 0 Å². The molecule has 3 heteroatoms. The third kappa shape index (κ3) is 0.866. The Morgan fingerprint density at radius 3 is 2.67 bits per heavy atom. The number of nitrogens with one attached hydrogen (secondary N) is 1. The van der Waals surface area contributed by atoms with Gasteiger partial charge in [-0.25, -0.2) is 0 Å². The second-order valence-electron chi connectivity index (χ2n) is 4.66. The molecule has 0 amide bonds. The Morgan fingerprint density at radius 1 is 1.58 bits per heavy atom. The summed E-state index contributed by atoms with van der Waals surface area (Å²) < 4.78 is 0. The Kier molecular flexibility index (Phi) is 1.57. The van der Waals surface area contributed by atoms with Gasteiger partial charge in [0, 0.05) is 5.92 Å². The summed E-state index contributed by atoms with van der Waals surface area (Å²) in [5, 5.41) is 12.4. The molecular formula is C9H15NO2. The average Bonchev–Trinajstić information content (AvgIpc) is 2.24. The Morgan fingerprint density at radius 2 is 2.25 bits per heavy atom. The molecular weight excluding hydrogens is 154 g/mol. The first-order valence-corrected chi connectivity index (χ1v) is 4.46. The fraction of sp³-hybridized carbons (Fsp3) is 0.889. The maximum Gasteiger partial charge on any atom is 0.137 e. The second kappa shape index (κ2) is 2.30. The predicted octanol–water partition coefficient (Wildman–Crippen LogP) is 0.138. The lowest BCUT2D eigenvalue weighted by atomic mass is 9.55. The quantitative estimate of drug-likeness (QED) is 0.549. The number of carbonyl (C=O) groups excluding carboxylic acids is 1. The first-order valence-electron chi connectivity index (χ1n) is 4.46. The van der Waals surface area contributed by atoms with E-state index in [2.05, 4.69) is 19.2 Å². The van der Waals surface area contributed by atoms with Crippen LogP contribution in [0.1, 0.15) is 20.3 Å². The smallest absolute Gasteiger partial charge is 0.137 e. The molecule has 2 rings (SSSR count). The monoisotopic (exact) mass is 169 g/mol. The highest BCUT2D eigenvalue weighted by Crippen LogP contribution is 2.55. The van der Waals surface area contributed by atoms with E-state index >= 15 is 0 Å². The van der Waals surface area contributed by atoms with E-state index in [-0.39, 0.29) is 11.5 Å². The van der Waals surface area contributed by atoms with Crippen molar-refractivity contribution in [1.29, 1.82) is 0 Å². The molecule has 3 nitrogen and oxygen atoms in total. The third-order valence-corrected chi connectivity index (χ3v) is 3.43. The summed E-state index contributed by atoms with van der Waals surface area (Å²) in [6, 6.07) is -0.131. The molecule has 1 saturated heterocycles. The van der Waals surface area contributed by atoms with Crippen LogP contribution < -0.4 is 5.32 Å². The first-order chi connectivity index (χ1) is 5.56. The molecule has 2 fully saturated rings. The Balaban J connectivity index is 2.18. The average molecular weight is 169 g/mol. The van der Waals surface area contributed by atoms with Crippen molar-refractivity contribution in [1.82, 2.24) is 5.32 Å². The van der Waals surface area contributed by atoms with E-state index in [0.717, 1.165) is 12.7 Å². The van der Waals surface area contributed by atoms with Crippen LogP contribution in [0.2, 0.25) is 0 Å². The molecule has 0 aromatic heterocycles. The van der Waals surface area contributed by atoms with Gasteiger partial charge < -0.3 is 9.90 Å². The minimum atomic E-state index is -0.460. The molecule has 1 heterocycles. The van der Waals surface area contributed by atoms with E-state index in [1.165, 1.54) is 0 Å². The van der Waals surface area contributed by atoms with Crippen LogP contribution in [0.25, 0.3) is 0 Å². The summed E-state index contributed by atoms with van der Waals surface area (Å²) in [4.78, 5) is 10.7. The molecule has 0 spiro atoms. The summed E-state index contributed by atoms with van der Waals surface area (Å²) in [7, 11) is 0. The van der Waals surface area contributed by atoms with Crippen LogP contribution in [-0.2, 0) is 4.79 Å². The summed E-state index contributed by atoms with van der Waals surface area (Å²) in [5.41, 5.74) is 0.223. The molecule has 1 unspecified atom stereocenters. The summed E-state index contributed by atoms with van der Waals surface area (Å²) in [5.74, 6) is 0.639. The highest BCUT2D eigenvalue weighted by Gasteiger charge is 2.58. The minimum absolute atomic E-state index is 0.131. The van der Waals surface area contributed by atoms with Crippen LogP contribution in [-0.4, -0.2) is 23.7 Å². The van der Waals surface area contributed by atoms with E-state index in [1.54, 1.807) is 0 Å². The number of fused-ring (bicyclic) bond motifs is 1. The van der Waals surface area contributed by atoms with E-state index in [0.29, 0.717) is 11.8 Å². The van der Waals surface area contributed by atoms with E-state index in [9.17, 15) is 9.90 Å². The van der Waals surface area contributed by atoms with Gasteiger partial charge in [-0.05, 0) is 17.8 Å². The van der Waals surface area contributed by atoms with Gasteiger partial charge in [0.1, 0.15) is 12.5 Å². The van der Waals surface area contributed by atoms with Gasteiger partial charge in [-0.3, -0.25) is 5.32 Å². The van der Waals surface area contributed by atoms with E-state index in [1.807, 2.05) is 0 Å². The van der Waals surface area contributed by atoms with Crippen molar-refractivity contribution in [3.05, 3.63) is 0 Å². The van der Waals surface area contributed by atoms with Crippen LogP contribution in [0.4, 0.5) is 0 Å².